The SMILES string of the molecule is O=C(N1CCOCC(F)(F)C1)[C@@]12CCOC[C@@H]1CNC2. The fourth-order valence-electron chi connectivity index (χ4n) is 3.45. The van der Waals surface area contributed by atoms with Crippen molar-refractivity contribution in [3.63, 3.8) is 0 Å². The molecule has 0 aliphatic carbocycles. The molecule has 7 heteroatoms. The van der Waals surface area contributed by atoms with Gasteiger partial charge in [-0.3, -0.25) is 4.79 Å². The maximum atomic E-state index is 13.6. The quantitative estimate of drug-likeness (QED) is 0.744. The molecule has 20 heavy (non-hydrogen) atoms. The van der Waals surface area contributed by atoms with Gasteiger partial charge in [0.25, 0.3) is 5.92 Å². The normalized spacial score (nSPS) is 37.3. The van der Waals surface area contributed by atoms with E-state index in [9.17, 15) is 13.6 Å². The number of nitrogens with one attached hydrogen (secondary N) is 1. The minimum Gasteiger partial charge on any atom is -0.381 e. The molecule has 0 spiro atoms. The highest BCUT2D eigenvalue weighted by Crippen LogP contribution is 2.40. The lowest BCUT2D eigenvalue weighted by Crippen LogP contribution is -2.54. The van der Waals surface area contributed by atoms with Gasteiger partial charge in [0.2, 0.25) is 5.91 Å². The van der Waals surface area contributed by atoms with Gasteiger partial charge in [0.15, 0.2) is 0 Å². The van der Waals surface area contributed by atoms with E-state index in [2.05, 4.69) is 5.32 Å². The molecule has 1 amide bonds. The van der Waals surface area contributed by atoms with Crippen LogP contribution in [0.5, 0.6) is 0 Å². The zero-order valence-corrected chi connectivity index (χ0v) is 11.4. The maximum Gasteiger partial charge on any atom is 0.288 e. The molecule has 1 N–H and O–H groups in total. The molecular weight excluding hydrogens is 270 g/mol. The Hall–Kier alpha value is -0.790. The van der Waals surface area contributed by atoms with E-state index < -0.39 is 24.5 Å². The summed E-state index contributed by atoms with van der Waals surface area (Å²) in [6.45, 7) is 1.59. The van der Waals surface area contributed by atoms with E-state index in [-0.39, 0.29) is 25.0 Å². The number of halogens is 2. The number of fused-ring (bicyclic) bond motifs is 1. The van der Waals surface area contributed by atoms with E-state index in [1.807, 2.05) is 0 Å². The van der Waals surface area contributed by atoms with E-state index in [4.69, 9.17) is 9.47 Å². The molecule has 0 radical (unpaired) electrons. The Kier molecular flexibility index (Phi) is 3.68. The highest BCUT2D eigenvalue weighted by atomic mass is 19.3. The zero-order chi connectivity index (χ0) is 14.2. The third-order valence-electron chi connectivity index (χ3n) is 4.58. The average Bonchev–Trinajstić information content (AvgIpc) is 2.77. The summed E-state index contributed by atoms with van der Waals surface area (Å²) in [5.41, 5.74) is -0.571. The molecule has 0 aromatic carbocycles. The first-order chi connectivity index (χ1) is 9.54. The second-order valence-corrected chi connectivity index (χ2v) is 5.94. The van der Waals surface area contributed by atoms with Gasteiger partial charge in [0.1, 0.15) is 6.61 Å². The van der Waals surface area contributed by atoms with E-state index >= 15 is 0 Å². The van der Waals surface area contributed by atoms with Crippen molar-refractivity contribution >= 4 is 5.91 Å². The maximum absolute atomic E-state index is 13.6. The van der Waals surface area contributed by atoms with Gasteiger partial charge in [-0.2, -0.15) is 0 Å². The molecular formula is C13H20F2N2O3. The van der Waals surface area contributed by atoms with Gasteiger partial charge in [0.05, 0.1) is 25.2 Å². The Bertz CT molecular complexity index is 394. The molecule has 0 bridgehead atoms. The number of hydrogen-bond donors (Lipinski definition) is 1. The second kappa shape index (κ2) is 5.20. The van der Waals surface area contributed by atoms with E-state index in [0.29, 0.717) is 32.7 Å². The summed E-state index contributed by atoms with van der Waals surface area (Å²) in [7, 11) is 0. The van der Waals surface area contributed by atoms with Crippen molar-refractivity contribution in [1.82, 2.24) is 10.2 Å². The lowest BCUT2D eigenvalue weighted by atomic mass is 9.73. The highest BCUT2D eigenvalue weighted by molar-refractivity contribution is 5.84. The van der Waals surface area contributed by atoms with Crippen LogP contribution in [0.15, 0.2) is 0 Å². The summed E-state index contributed by atoms with van der Waals surface area (Å²) in [6, 6.07) is 0. The van der Waals surface area contributed by atoms with Gasteiger partial charge in [-0.25, -0.2) is 8.78 Å². The van der Waals surface area contributed by atoms with Gasteiger partial charge in [-0.1, -0.05) is 0 Å². The molecule has 3 aliphatic rings. The van der Waals surface area contributed by atoms with Crippen LogP contribution in [-0.4, -0.2) is 69.3 Å². The summed E-state index contributed by atoms with van der Waals surface area (Å²) in [4.78, 5) is 14.1. The van der Waals surface area contributed by atoms with Crippen LogP contribution in [0, 0.1) is 11.3 Å². The van der Waals surface area contributed by atoms with Crippen molar-refractivity contribution in [3.8, 4) is 0 Å². The van der Waals surface area contributed by atoms with Crippen LogP contribution in [0.25, 0.3) is 0 Å². The largest absolute Gasteiger partial charge is 0.381 e. The highest BCUT2D eigenvalue weighted by Gasteiger charge is 2.53. The van der Waals surface area contributed by atoms with Crippen LogP contribution in [0.3, 0.4) is 0 Å². The smallest absolute Gasteiger partial charge is 0.288 e. The monoisotopic (exact) mass is 290 g/mol. The lowest BCUT2D eigenvalue weighted by molar-refractivity contribution is -0.154. The van der Waals surface area contributed by atoms with Crippen molar-refractivity contribution in [2.45, 2.75) is 12.3 Å². The van der Waals surface area contributed by atoms with E-state index in [0.717, 1.165) is 0 Å². The number of ether oxygens (including phenoxy) is 2. The second-order valence-electron chi connectivity index (χ2n) is 5.94. The van der Waals surface area contributed by atoms with Gasteiger partial charge in [0, 0.05) is 32.2 Å². The molecule has 0 saturated carbocycles. The zero-order valence-electron chi connectivity index (χ0n) is 11.4. The summed E-state index contributed by atoms with van der Waals surface area (Å²) >= 11 is 0. The fraction of sp³-hybridized carbons (Fsp3) is 0.923. The minimum atomic E-state index is -2.96. The number of rotatable bonds is 1. The molecule has 3 heterocycles. The summed E-state index contributed by atoms with van der Waals surface area (Å²) in [5.74, 6) is -3.04. The van der Waals surface area contributed by atoms with Crippen LogP contribution in [0.2, 0.25) is 0 Å². The average molecular weight is 290 g/mol. The first-order valence-electron chi connectivity index (χ1n) is 7.07. The molecule has 0 aromatic heterocycles. The van der Waals surface area contributed by atoms with Gasteiger partial charge >= 0.3 is 0 Å². The Balaban J connectivity index is 1.80. The number of alkyl halides is 2. The van der Waals surface area contributed by atoms with E-state index in [1.165, 1.54) is 4.90 Å². The number of carbonyl (C=O) groups is 1. The van der Waals surface area contributed by atoms with Gasteiger partial charge in [-0.05, 0) is 6.42 Å². The third kappa shape index (κ3) is 2.42. The molecule has 3 aliphatic heterocycles. The number of amides is 1. The topological polar surface area (TPSA) is 50.8 Å². The fourth-order valence-corrected chi connectivity index (χ4v) is 3.45. The molecule has 3 rings (SSSR count). The van der Waals surface area contributed by atoms with Crippen LogP contribution < -0.4 is 5.32 Å². The van der Waals surface area contributed by atoms with Crippen molar-refractivity contribution in [1.29, 1.82) is 0 Å². The van der Waals surface area contributed by atoms with Crippen molar-refractivity contribution in [3.05, 3.63) is 0 Å². The first-order valence-corrected chi connectivity index (χ1v) is 7.07. The third-order valence-corrected chi connectivity index (χ3v) is 4.58. The van der Waals surface area contributed by atoms with Gasteiger partial charge in [-0.15, -0.1) is 0 Å². The molecule has 5 nitrogen and oxygen atoms in total. The van der Waals surface area contributed by atoms with Crippen molar-refractivity contribution in [2.75, 3.05) is 52.6 Å². The van der Waals surface area contributed by atoms with Gasteiger partial charge < -0.3 is 19.7 Å². The Labute approximate surface area is 116 Å². The predicted octanol–water partition coefficient (Wildman–Crippen LogP) is 0.107. The summed E-state index contributed by atoms with van der Waals surface area (Å²) < 4.78 is 37.6. The summed E-state index contributed by atoms with van der Waals surface area (Å²) in [6.07, 6.45) is 0.604. The van der Waals surface area contributed by atoms with Crippen molar-refractivity contribution < 1.29 is 23.0 Å². The van der Waals surface area contributed by atoms with Crippen molar-refractivity contribution in [2.24, 2.45) is 11.3 Å². The predicted molar refractivity (Wildman–Crippen MR) is 66.6 cm³/mol. The van der Waals surface area contributed by atoms with Crippen LogP contribution in [0.1, 0.15) is 6.42 Å². The molecule has 0 unspecified atom stereocenters. The minimum absolute atomic E-state index is 0.0848. The van der Waals surface area contributed by atoms with Crippen LogP contribution >= 0.6 is 0 Å². The Morgan fingerprint density at radius 1 is 1.30 bits per heavy atom. The molecule has 2 atom stereocenters. The first kappa shape index (κ1) is 14.2. The van der Waals surface area contributed by atoms with Crippen LogP contribution in [0.4, 0.5) is 8.78 Å². The number of nitrogens with zero attached hydrogens (tertiary/aromatic N) is 1. The number of carbonyl (C=O) groups excluding carboxylic acids is 1. The molecule has 3 saturated heterocycles. The van der Waals surface area contributed by atoms with Crippen LogP contribution in [-0.2, 0) is 14.3 Å². The lowest BCUT2D eigenvalue weighted by Gasteiger charge is -2.40. The Morgan fingerprint density at radius 2 is 2.15 bits per heavy atom. The standard InChI is InChI=1S/C13H20F2N2O3/c14-13(15)8-17(2-4-20-9-13)11(18)12-1-3-19-6-10(12)5-16-7-12/h10,16H,1-9H2/t10-,12+/m0/s1. The number of hydrogen-bond acceptors (Lipinski definition) is 4. The summed E-state index contributed by atoms with van der Waals surface area (Å²) in [5, 5.41) is 3.22. The molecule has 0 aromatic rings. The molecule has 114 valence electrons. The Morgan fingerprint density at radius 3 is 3.00 bits per heavy atom. The molecule has 3 fully saturated rings. The van der Waals surface area contributed by atoms with E-state index in [1.54, 1.807) is 0 Å².